The van der Waals surface area contributed by atoms with Gasteiger partial charge in [0.2, 0.25) is 0 Å². The van der Waals surface area contributed by atoms with Gasteiger partial charge in [0, 0.05) is 35.9 Å². The fourth-order valence-electron chi connectivity index (χ4n) is 2.90. The maximum atomic E-state index is 9.55. The number of hydrogen-bond acceptors (Lipinski definition) is 3. The zero-order valence-corrected chi connectivity index (χ0v) is 13.3. The van der Waals surface area contributed by atoms with Crippen LogP contribution in [0.3, 0.4) is 0 Å². The van der Waals surface area contributed by atoms with Crippen LogP contribution in [0.15, 0.2) is 42.5 Å². The van der Waals surface area contributed by atoms with Gasteiger partial charge in [0.25, 0.3) is 0 Å². The van der Waals surface area contributed by atoms with Gasteiger partial charge in [-0.2, -0.15) is 0 Å². The number of nitrogens with two attached hydrogens (primary N) is 1. The Balaban J connectivity index is 1.71. The summed E-state index contributed by atoms with van der Waals surface area (Å²) in [5.41, 5.74) is 10.1. The second-order valence-electron chi connectivity index (χ2n) is 5.94. The predicted octanol–water partition coefficient (Wildman–Crippen LogP) is 3.55. The third-order valence-corrected chi connectivity index (χ3v) is 4.48. The summed E-state index contributed by atoms with van der Waals surface area (Å²) in [6.45, 7) is 2.85. The van der Waals surface area contributed by atoms with Crippen LogP contribution in [0, 0.1) is 0 Å². The normalized spacial score (nSPS) is 16.8. The van der Waals surface area contributed by atoms with Gasteiger partial charge in [0.1, 0.15) is 0 Å². The molecular weight excluding hydrogens is 296 g/mol. The van der Waals surface area contributed by atoms with Gasteiger partial charge in [0.05, 0.1) is 6.10 Å². The number of benzene rings is 2. The molecule has 3 N–H and O–H groups in total. The van der Waals surface area contributed by atoms with Gasteiger partial charge < -0.3 is 10.8 Å². The zero-order chi connectivity index (χ0) is 15.5. The number of likely N-dealkylation sites (tertiary alicyclic amines) is 1. The van der Waals surface area contributed by atoms with Crippen LogP contribution >= 0.6 is 11.6 Å². The van der Waals surface area contributed by atoms with Crippen LogP contribution < -0.4 is 5.73 Å². The molecule has 1 aliphatic rings. The first kappa shape index (κ1) is 15.3. The SMILES string of the molecule is Nc1ccc(Cl)cc1-c1ccc(CN2CCC(O)CC2)cc1. The van der Waals surface area contributed by atoms with Crippen LogP contribution in [0.1, 0.15) is 18.4 Å². The van der Waals surface area contributed by atoms with Crippen LogP contribution in [-0.4, -0.2) is 29.2 Å². The molecule has 22 heavy (non-hydrogen) atoms. The number of anilines is 1. The standard InChI is InChI=1S/C18H21ClN2O/c19-15-5-6-18(20)17(11-15)14-3-1-13(2-4-14)12-21-9-7-16(22)8-10-21/h1-6,11,16,22H,7-10,12,20H2. The molecule has 1 heterocycles. The predicted molar refractivity (Wildman–Crippen MR) is 91.8 cm³/mol. The van der Waals surface area contributed by atoms with Crippen LogP contribution in [0.2, 0.25) is 5.02 Å². The largest absolute Gasteiger partial charge is 0.398 e. The molecule has 0 unspecified atom stereocenters. The van der Waals surface area contributed by atoms with E-state index < -0.39 is 0 Å². The van der Waals surface area contributed by atoms with E-state index in [0.29, 0.717) is 5.02 Å². The van der Waals surface area contributed by atoms with E-state index >= 15 is 0 Å². The number of hydrogen-bond donors (Lipinski definition) is 2. The Morgan fingerprint density at radius 1 is 1.09 bits per heavy atom. The van der Waals surface area contributed by atoms with Gasteiger partial charge in [0.15, 0.2) is 0 Å². The van der Waals surface area contributed by atoms with Crippen molar-refractivity contribution in [2.24, 2.45) is 0 Å². The Morgan fingerprint density at radius 2 is 1.77 bits per heavy atom. The topological polar surface area (TPSA) is 49.5 Å². The van der Waals surface area contributed by atoms with E-state index in [1.807, 2.05) is 12.1 Å². The van der Waals surface area contributed by atoms with Crippen molar-refractivity contribution in [1.29, 1.82) is 0 Å². The lowest BCUT2D eigenvalue weighted by Gasteiger charge is -2.29. The monoisotopic (exact) mass is 316 g/mol. The van der Waals surface area contributed by atoms with Gasteiger partial charge in [-0.05, 0) is 42.2 Å². The van der Waals surface area contributed by atoms with Crippen molar-refractivity contribution in [3.05, 3.63) is 53.1 Å². The van der Waals surface area contributed by atoms with Crippen molar-refractivity contribution >= 4 is 17.3 Å². The average Bonchev–Trinajstić information content (AvgIpc) is 2.53. The Morgan fingerprint density at radius 3 is 2.45 bits per heavy atom. The van der Waals surface area contributed by atoms with Gasteiger partial charge >= 0.3 is 0 Å². The second-order valence-corrected chi connectivity index (χ2v) is 6.37. The van der Waals surface area contributed by atoms with Crippen molar-refractivity contribution in [2.75, 3.05) is 18.8 Å². The highest BCUT2D eigenvalue weighted by Crippen LogP contribution is 2.29. The molecule has 3 nitrogen and oxygen atoms in total. The number of nitrogens with zero attached hydrogens (tertiary/aromatic N) is 1. The maximum Gasteiger partial charge on any atom is 0.0564 e. The first-order valence-electron chi connectivity index (χ1n) is 7.66. The highest BCUT2D eigenvalue weighted by atomic mass is 35.5. The minimum absolute atomic E-state index is 0.121. The number of aliphatic hydroxyl groups excluding tert-OH is 1. The Hall–Kier alpha value is -1.55. The number of rotatable bonds is 3. The van der Waals surface area contributed by atoms with Gasteiger partial charge in [-0.25, -0.2) is 0 Å². The molecule has 0 amide bonds. The zero-order valence-electron chi connectivity index (χ0n) is 12.5. The molecular formula is C18H21ClN2O. The third-order valence-electron chi connectivity index (χ3n) is 4.24. The van der Waals surface area contributed by atoms with E-state index in [4.69, 9.17) is 17.3 Å². The molecule has 0 saturated carbocycles. The molecule has 0 spiro atoms. The quantitative estimate of drug-likeness (QED) is 0.851. The molecule has 0 bridgehead atoms. The highest BCUT2D eigenvalue weighted by Gasteiger charge is 2.16. The number of halogens is 1. The summed E-state index contributed by atoms with van der Waals surface area (Å²) < 4.78 is 0. The van der Waals surface area contributed by atoms with Crippen LogP contribution in [0.4, 0.5) is 5.69 Å². The van der Waals surface area contributed by atoms with E-state index in [1.165, 1.54) is 5.56 Å². The Kier molecular flexibility index (Phi) is 4.67. The molecule has 4 heteroatoms. The lowest BCUT2D eigenvalue weighted by atomic mass is 10.0. The Labute approximate surface area is 136 Å². The first-order valence-corrected chi connectivity index (χ1v) is 8.04. The van der Waals surface area contributed by atoms with Gasteiger partial charge in [-0.1, -0.05) is 35.9 Å². The Bertz CT molecular complexity index is 634. The molecule has 1 fully saturated rings. The fraction of sp³-hybridized carbons (Fsp3) is 0.333. The summed E-state index contributed by atoms with van der Waals surface area (Å²) in [5.74, 6) is 0. The smallest absolute Gasteiger partial charge is 0.0564 e. The average molecular weight is 317 g/mol. The van der Waals surface area contributed by atoms with E-state index in [0.717, 1.165) is 49.3 Å². The van der Waals surface area contributed by atoms with Crippen LogP contribution in [0.25, 0.3) is 11.1 Å². The second kappa shape index (κ2) is 6.69. The maximum absolute atomic E-state index is 9.55. The molecule has 2 aromatic rings. The summed E-state index contributed by atoms with van der Waals surface area (Å²) in [6.07, 6.45) is 1.62. The summed E-state index contributed by atoms with van der Waals surface area (Å²) in [4.78, 5) is 2.38. The molecule has 0 atom stereocenters. The van der Waals surface area contributed by atoms with Crippen LogP contribution in [0.5, 0.6) is 0 Å². The minimum Gasteiger partial charge on any atom is -0.398 e. The van der Waals surface area contributed by atoms with Crippen molar-refractivity contribution in [3.8, 4) is 11.1 Å². The molecule has 0 aromatic heterocycles. The molecule has 116 valence electrons. The van der Waals surface area contributed by atoms with E-state index in [-0.39, 0.29) is 6.10 Å². The van der Waals surface area contributed by atoms with Crippen molar-refractivity contribution < 1.29 is 5.11 Å². The third kappa shape index (κ3) is 3.61. The lowest BCUT2D eigenvalue weighted by molar-refractivity contribution is 0.0792. The molecule has 0 aliphatic carbocycles. The van der Waals surface area contributed by atoms with Crippen molar-refractivity contribution in [2.45, 2.75) is 25.5 Å². The van der Waals surface area contributed by atoms with Gasteiger partial charge in [-0.15, -0.1) is 0 Å². The molecule has 1 saturated heterocycles. The minimum atomic E-state index is -0.121. The molecule has 3 rings (SSSR count). The summed E-state index contributed by atoms with van der Waals surface area (Å²) >= 11 is 6.06. The highest BCUT2D eigenvalue weighted by molar-refractivity contribution is 6.31. The van der Waals surface area contributed by atoms with E-state index in [9.17, 15) is 5.11 Å². The summed E-state index contributed by atoms with van der Waals surface area (Å²) in [6, 6.07) is 14.0. The summed E-state index contributed by atoms with van der Waals surface area (Å²) in [7, 11) is 0. The first-order chi connectivity index (χ1) is 10.6. The molecule has 1 aliphatic heterocycles. The van der Waals surface area contributed by atoms with Crippen molar-refractivity contribution in [3.63, 3.8) is 0 Å². The molecule has 0 radical (unpaired) electrons. The summed E-state index contributed by atoms with van der Waals surface area (Å²) in [5, 5.41) is 10.2. The van der Waals surface area contributed by atoms with Crippen molar-refractivity contribution in [1.82, 2.24) is 4.90 Å². The number of piperidine rings is 1. The number of aliphatic hydroxyl groups is 1. The molecule has 2 aromatic carbocycles. The van der Waals surface area contributed by atoms with Crippen LogP contribution in [-0.2, 0) is 6.54 Å². The van der Waals surface area contributed by atoms with E-state index in [2.05, 4.69) is 29.2 Å². The fourth-order valence-corrected chi connectivity index (χ4v) is 3.08. The van der Waals surface area contributed by atoms with E-state index in [1.54, 1.807) is 6.07 Å². The van der Waals surface area contributed by atoms with Gasteiger partial charge in [-0.3, -0.25) is 4.90 Å². The lowest BCUT2D eigenvalue weighted by Crippen LogP contribution is -2.35. The number of nitrogen functional groups attached to an aromatic ring is 1.